The van der Waals surface area contributed by atoms with E-state index in [1.54, 1.807) is 0 Å². The van der Waals surface area contributed by atoms with Gasteiger partial charge in [-0.15, -0.1) is 5.10 Å². The molecule has 5 N–H and O–H groups in total. The number of nitrogens with two attached hydrogens (primary N) is 2. The summed E-state index contributed by atoms with van der Waals surface area (Å²) in [6.07, 6.45) is 1.36. The molecule has 0 aromatic carbocycles. The van der Waals surface area contributed by atoms with Gasteiger partial charge < -0.3 is 11.5 Å². The molecule has 0 saturated heterocycles. The molecule has 70 valence electrons. The number of aromatic nitrogens is 3. The predicted octanol–water partition coefficient (Wildman–Crippen LogP) is -1.94. The summed E-state index contributed by atoms with van der Waals surface area (Å²) in [5, 5.41) is 8.81. The monoisotopic (exact) mass is 184 g/mol. The summed E-state index contributed by atoms with van der Waals surface area (Å²) in [5.41, 5.74) is 9.95. The van der Waals surface area contributed by atoms with Crippen molar-refractivity contribution in [2.45, 2.75) is 6.54 Å². The van der Waals surface area contributed by atoms with E-state index in [2.05, 4.69) is 10.3 Å². The van der Waals surface area contributed by atoms with Crippen LogP contribution in [0.3, 0.4) is 0 Å². The topological polar surface area (TPSA) is 129 Å². The summed E-state index contributed by atoms with van der Waals surface area (Å²) in [4.78, 5) is 21.1. The number of primary amides is 1. The average Bonchev–Trinajstić information content (AvgIpc) is 2.33. The quantitative estimate of drug-likeness (QED) is 0.492. The van der Waals surface area contributed by atoms with Crippen molar-refractivity contribution < 1.29 is 9.59 Å². The summed E-state index contributed by atoms with van der Waals surface area (Å²) < 4.78 is 1.19. The molecule has 1 heterocycles. The predicted molar refractivity (Wildman–Crippen MR) is 42.2 cm³/mol. The number of nitrogen functional groups attached to an aromatic ring is 1. The number of nitrogens with one attached hydrogen (secondary N) is 1. The number of rotatable bonds is 2. The van der Waals surface area contributed by atoms with Gasteiger partial charge in [0.2, 0.25) is 5.91 Å². The molecule has 0 saturated carbocycles. The molecule has 1 rings (SSSR count). The van der Waals surface area contributed by atoms with Crippen LogP contribution in [-0.4, -0.2) is 26.9 Å². The van der Waals surface area contributed by atoms with Gasteiger partial charge in [0.05, 0.1) is 6.20 Å². The molecule has 0 spiro atoms. The lowest BCUT2D eigenvalue weighted by molar-refractivity contribution is -0.120. The number of hydrogen-bond donors (Lipinski definition) is 3. The standard InChI is InChI=1S/C5H8N6O2/c6-3-1-11(10-9-3)2-4(12)8-5(7)13/h1H,2,6H2,(H3,7,8,12,13). The number of nitrogens with zero attached hydrogens (tertiary/aromatic N) is 3. The van der Waals surface area contributed by atoms with Crippen molar-refractivity contribution in [2.24, 2.45) is 5.73 Å². The Balaban J connectivity index is 2.50. The molecular formula is C5H8N6O2. The zero-order chi connectivity index (χ0) is 9.84. The lowest BCUT2D eigenvalue weighted by Gasteiger charge is -1.98. The Morgan fingerprint density at radius 2 is 2.31 bits per heavy atom. The Hall–Kier alpha value is -2.12. The number of amides is 3. The Kier molecular flexibility index (Phi) is 2.43. The molecular weight excluding hydrogens is 176 g/mol. The maximum atomic E-state index is 10.9. The van der Waals surface area contributed by atoms with Crippen molar-refractivity contribution in [3.05, 3.63) is 6.20 Å². The summed E-state index contributed by atoms with van der Waals surface area (Å²) in [7, 11) is 0. The van der Waals surface area contributed by atoms with Gasteiger partial charge in [-0.2, -0.15) is 0 Å². The third-order valence-corrected chi connectivity index (χ3v) is 1.12. The van der Waals surface area contributed by atoms with E-state index in [1.807, 2.05) is 5.32 Å². The number of hydrogen-bond acceptors (Lipinski definition) is 5. The maximum Gasteiger partial charge on any atom is 0.318 e. The smallest absolute Gasteiger partial charge is 0.318 e. The van der Waals surface area contributed by atoms with Gasteiger partial charge in [-0.25, -0.2) is 9.48 Å². The second-order valence-electron chi connectivity index (χ2n) is 2.25. The van der Waals surface area contributed by atoms with E-state index in [9.17, 15) is 9.59 Å². The molecule has 3 amide bonds. The van der Waals surface area contributed by atoms with Crippen molar-refractivity contribution in [1.82, 2.24) is 20.3 Å². The first-order chi connectivity index (χ1) is 6.08. The minimum absolute atomic E-state index is 0.146. The average molecular weight is 184 g/mol. The Morgan fingerprint density at radius 1 is 1.62 bits per heavy atom. The molecule has 1 aromatic rings. The maximum absolute atomic E-state index is 10.9. The molecule has 0 aliphatic rings. The van der Waals surface area contributed by atoms with Crippen LogP contribution >= 0.6 is 0 Å². The Labute approximate surface area is 72.9 Å². The van der Waals surface area contributed by atoms with Crippen LogP contribution in [0.15, 0.2) is 6.20 Å². The lowest BCUT2D eigenvalue weighted by atomic mass is 10.6. The fraction of sp³-hybridized carbons (Fsp3) is 0.200. The molecule has 0 aliphatic carbocycles. The van der Waals surface area contributed by atoms with Gasteiger partial charge in [-0.05, 0) is 0 Å². The first-order valence-electron chi connectivity index (χ1n) is 3.33. The minimum Gasteiger partial charge on any atom is -0.381 e. The van der Waals surface area contributed by atoms with E-state index >= 15 is 0 Å². The van der Waals surface area contributed by atoms with Crippen molar-refractivity contribution in [2.75, 3.05) is 5.73 Å². The molecule has 0 radical (unpaired) electrons. The fourth-order valence-electron chi connectivity index (χ4n) is 0.715. The fourth-order valence-corrected chi connectivity index (χ4v) is 0.715. The summed E-state index contributed by atoms with van der Waals surface area (Å²) in [6.45, 7) is -0.146. The van der Waals surface area contributed by atoms with Gasteiger partial charge >= 0.3 is 6.03 Å². The molecule has 0 bridgehead atoms. The van der Waals surface area contributed by atoms with E-state index in [4.69, 9.17) is 11.5 Å². The highest BCUT2D eigenvalue weighted by molar-refractivity contribution is 5.93. The van der Waals surface area contributed by atoms with Gasteiger partial charge in [0.1, 0.15) is 6.54 Å². The number of carbonyl (C=O) groups is 2. The molecule has 0 atom stereocenters. The third kappa shape index (κ3) is 2.77. The van der Waals surface area contributed by atoms with Crippen LogP contribution in [0.1, 0.15) is 0 Å². The SMILES string of the molecule is NC(=O)NC(=O)Cn1cc(N)nn1. The lowest BCUT2D eigenvalue weighted by Crippen LogP contribution is -2.37. The van der Waals surface area contributed by atoms with E-state index in [-0.39, 0.29) is 12.4 Å². The first kappa shape index (κ1) is 8.97. The van der Waals surface area contributed by atoms with E-state index in [0.717, 1.165) is 0 Å². The summed E-state index contributed by atoms with van der Waals surface area (Å²) in [6, 6.07) is -0.905. The molecule has 8 heteroatoms. The van der Waals surface area contributed by atoms with Crippen LogP contribution in [-0.2, 0) is 11.3 Å². The van der Waals surface area contributed by atoms with Gasteiger partial charge in [-0.1, -0.05) is 5.21 Å². The van der Waals surface area contributed by atoms with E-state index in [1.165, 1.54) is 10.9 Å². The molecule has 0 fully saturated rings. The van der Waals surface area contributed by atoms with Crippen molar-refractivity contribution in [1.29, 1.82) is 0 Å². The number of urea groups is 1. The zero-order valence-electron chi connectivity index (χ0n) is 6.60. The molecule has 13 heavy (non-hydrogen) atoms. The van der Waals surface area contributed by atoms with Crippen molar-refractivity contribution in [3.8, 4) is 0 Å². The second kappa shape index (κ2) is 3.52. The van der Waals surface area contributed by atoms with Crippen LogP contribution in [0.25, 0.3) is 0 Å². The molecule has 1 aromatic heterocycles. The first-order valence-corrected chi connectivity index (χ1v) is 3.33. The van der Waals surface area contributed by atoms with Crippen LogP contribution in [0.4, 0.5) is 10.6 Å². The van der Waals surface area contributed by atoms with E-state index < -0.39 is 11.9 Å². The molecule has 0 unspecified atom stereocenters. The van der Waals surface area contributed by atoms with Crippen LogP contribution in [0.5, 0.6) is 0 Å². The summed E-state index contributed by atoms with van der Waals surface area (Å²) >= 11 is 0. The third-order valence-electron chi connectivity index (χ3n) is 1.12. The largest absolute Gasteiger partial charge is 0.381 e. The van der Waals surface area contributed by atoms with Crippen molar-refractivity contribution >= 4 is 17.8 Å². The molecule has 8 nitrogen and oxygen atoms in total. The normalized spacial score (nSPS) is 9.54. The van der Waals surface area contributed by atoms with Crippen LogP contribution in [0, 0.1) is 0 Å². The van der Waals surface area contributed by atoms with E-state index in [0.29, 0.717) is 0 Å². The number of imide groups is 1. The summed E-state index contributed by atoms with van der Waals surface area (Å²) in [5.74, 6) is -0.371. The number of anilines is 1. The highest BCUT2D eigenvalue weighted by atomic mass is 16.2. The zero-order valence-corrected chi connectivity index (χ0v) is 6.60. The van der Waals surface area contributed by atoms with Gasteiger partial charge in [0, 0.05) is 0 Å². The van der Waals surface area contributed by atoms with Crippen LogP contribution < -0.4 is 16.8 Å². The highest BCUT2D eigenvalue weighted by Gasteiger charge is 2.05. The minimum atomic E-state index is -0.905. The number of carbonyl (C=O) groups excluding carboxylic acids is 2. The van der Waals surface area contributed by atoms with Gasteiger partial charge in [-0.3, -0.25) is 10.1 Å². The second-order valence-corrected chi connectivity index (χ2v) is 2.25. The van der Waals surface area contributed by atoms with Crippen molar-refractivity contribution in [3.63, 3.8) is 0 Å². The molecule has 0 aliphatic heterocycles. The Morgan fingerprint density at radius 3 is 2.77 bits per heavy atom. The Bertz CT molecular complexity index is 332. The highest BCUT2D eigenvalue weighted by Crippen LogP contribution is 1.91. The van der Waals surface area contributed by atoms with Gasteiger partial charge in [0.15, 0.2) is 5.82 Å². The van der Waals surface area contributed by atoms with Gasteiger partial charge in [0.25, 0.3) is 0 Å². The van der Waals surface area contributed by atoms with Crippen LogP contribution in [0.2, 0.25) is 0 Å².